The molecular weight excluding hydrogens is 274 g/mol. The highest BCUT2D eigenvalue weighted by Gasteiger charge is 2.40. The van der Waals surface area contributed by atoms with Crippen molar-refractivity contribution in [1.82, 2.24) is 14.1 Å². The number of nitrogens with zero attached hydrogens (tertiary/aromatic N) is 3. The molecule has 3 atom stereocenters. The summed E-state index contributed by atoms with van der Waals surface area (Å²) in [5.74, 6) is 0.180. The van der Waals surface area contributed by atoms with Gasteiger partial charge in [-0.25, -0.2) is 4.98 Å². The third-order valence-corrected chi connectivity index (χ3v) is 5.20. The number of fused-ring (bicyclic) bond motifs is 4. The molecule has 4 heteroatoms. The van der Waals surface area contributed by atoms with Crippen LogP contribution in [0.1, 0.15) is 29.8 Å². The van der Waals surface area contributed by atoms with E-state index in [0.29, 0.717) is 0 Å². The molecule has 2 aliphatic heterocycles. The summed E-state index contributed by atoms with van der Waals surface area (Å²) in [6.45, 7) is 0.965. The second-order valence-corrected chi connectivity index (χ2v) is 6.24. The van der Waals surface area contributed by atoms with Crippen molar-refractivity contribution in [3.8, 4) is 11.3 Å². The minimum absolute atomic E-state index is 0.173. The van der Waals surface area contributed by atoms with Crippen molar-refractivity contribution in [3.05, 3.63) is 66.4 Å². The van der Waals surface area contributed by atoms with Gasteiger partial charge in [0.05, 0.1) is 30.4 Å². The van der Waals surface area contributed by atoms with Gasteiger partial charge in [-0.1, -0.05) is 24.3 Å². The Labute approximate surface area is 128 Å². The van der Waals surface area contributed by atoms with Crippen LogP contribution in [-0.4, -0.2) is 19.2 Å². The Morgan fingerprint density at radius 3 is 3.00 bits per heavy atom. The average Bonchev–Trinajstić information content (AvgIpc) is 3.23. The van der Waals surface area contributed by atoms with Crippen LogP contribution >= 0.6 is 0 Å². The van der Waals surface area contributed by atoms with E-state index >= 15 is 0 Å². The van der Waals surface area contributed by atoms with Crippen LogP contribution in [0.15, 0.2) is 55.1 Å². The molecule has 0 bridgehead atoms. The number of imidazole rings is 1. The summed E-state index contributed by atoms with van der Waals surface area (Å²) in [6, 6.07) is 12.7. The van der Waals surface area contributed by atoms with E-state index < -0.39 is 6.10 Å². The number of hydrogen-bond acceptors (Lipinski definition) is 2. The summed E-state index contributed by atoms with van der Waals surface area (Å²) < 4.78 is 4.40. The summed E-state index contributed by atoms with van der Waals surface area (Å²) >= 11 is 0. The van der Waals surface area contributed by atoms with Gasteiger partial charge in [-0.15, -0.1) is 0 Å². The molecule has 1 unspecified atom stereocenters. The van der Waals surface area contributed by atoms with E-state index in [9.17, 15) is 5.11 Å². The number of rotatable bonds is 1. The van der Waals surface area contributed by atoms with Crippen LogP contribution in [0.4, 0.5) is 0 Å². The topological polar surface area (TPSA) is 43.0 Å². The van der Waals surface area contributed by atoms with Crippen molar-refractivity contribution in [1.29, 1.82) is 0 Å². The van der Waals surface area contributed by atoms with Crippen LogP contribution in [0.2, 0.25) is 0 Å². The summed E-state index contributed by atoms with van der Waals surface area (Å²) in [6.07, 6.45) is 6.42. The molecule has 0 fully saturated rings. The molecule has 3 aromatic rings. The Bertz CT molecular complexity index is 847. The van der Waals surface area contributed by atoms with Crippen LogP contribution < -0.4 is 0 Å². The molecule has 2 aliphatic rings. The van der Waals surface area contributed by atoms with Gasteiger partial charge in [0.15, 0.2) is 0 Å². The Morgan fingerprint density at radius 1 is 1.14 bits per heavy atom. The predicted octanol–water partition coefficient (Wildman–Crippen LogP) is 3.01. The van der Waals surface area contributed by atoms with Gasteiger partial charge in [0.1, 0.15) is 0 Å². The molecule has 110 valence electrons. The number of aromatic nitrogens is 3. The van der Waals surface area contributed by atoms with Crippen LogP contribution in [0.25, 0.3) is 11.3 Å². The first kappa shape index (κ1) is 12.2. The maximum absolute atomic E-state index is 10.9. The van der Waals surface area contributed by atoms with Gasteiger partial charge in [-0.05, 0) is 24.1 Å². The monoisotopic (exact) mass is 291 g/mol. The SMILES string of the molecule is O[C@@H]1c2cccn2CC[C@H]1C1c2ccccc2-c2cncn21. The average molecular weight is 291 g/mol. The molecular formula is C18H17N3O. The van der Waals surface area contributed by atoms with Crippen LogP contribution in [0, 0.1) is 5.92 Å². The van der Waals surface area contributed by atoms with Crippen molar-refractivity contribution in [2.45, 2.75) is 25.1 Å². The van der Waals surface area contributed by atoms with Crippen molar-refractivity contribution in [3.63, 3.8) is 0 Å². The van der Waals surface area contributed by atoms with Crippen LogP contribution in [0.5, 0.6) is 0 Å². The molecule has 0 spiro atoms. The molecule has 0 aliphatic carbocycles. The predicted molar refractivity (Wildman–Crippen MR) is 83.3 cm³/mol. The zero-order valence-corrected chi connectivity index (χ0v) is 12.1. The maximum atomic E-state index is 10.9. The minimum Gasteiger partial charge on any atom is -0.386 e. The number of aryl methyl sites for hydroxylation is 1. The molecule has 5 rings (SSSR count). The first-order chi connectivity index (χ1) is 10.8. The lowest BCUT2D eigenvalue weighted by molar-refractivity contribution is 0.0556. The molecule has 1 N–H and O–H groups in total. The van der Waals surface area contributed by atoms with Gasteiger partial charge in [0, 0.05) is 29.9 Å². The first-order valence-electron chi connectivity index (χ1n) is 7.79. The number of aliphatic hydroxyl groups excluding tert-OH is 1. The fourth-order valence-corrected chi connectivity index (χ4v) is 4.21. The second-order valence-electron chi connectivity index (χ2n) is 6.24. The summed E-state index contributed by atoms with van der Waals surface area (Å²) in [7, 11) is 0. The molecule has 0 saturated carbocycles. The third kappa shape index (κ3) is 1.48. The van der Waals surface area contributed by atoms with E-state index in [4.69, 9.17) is 0 Å². The minimum atomic E-state index is -0.435. The van der Waals surface area contributed by atoms with Gasteiger partial charge >= 0.3 is 0 Å². The largest absolute Gasteiger partial charge is 0.386 e. The van der Waals surface area contributed by atoms with E-state index in [1.807, 2.05) is 24.7 Å². The van der Waals surface area contributed by atoms with E-state index in [1.54, 1.807) is 0 Å². The Hall–Kier alpha value is -2.33. The van der Waals surface area contributed by atoms with Gasteiger partial charge < -0.3 is 14.2 Å². The molecule has 22 heavy (non-hydrogen) atoms. The fourth-order valence-electron chi connectivity index (χ4n) is 4.21. The van der Waals surface area contributed by atoms with Gasteiger partial charge in [-0.3, -0.25) is 0 Å². The van der Waals surface area contributed by atoms with Gasteiger partial charge in [0.25, 0.3) is 0 Å². The molecule has 4 heterocycles. The molecule has 0 radical (unpaired) electrons. The fraction of sp³-hybridized carbons (Fsp3) is 0.278. The lowest BCUT2D eigenvalue weighted by Crippen LogP contribution is -2.30. The van der Waals surface area contributed by atoms with Crippen molar-refractivity contribution < 1.29 is 5.11 Å². The van der Waals surface area contributed by atoms with E-state index in [-0.39, 0.29) is 12.0 Å². The number of benzene rings is 1. The first-order valence-corrected chi connectivity index (χ1v) is 7.79. The lowest BCUT2D eigenvalue weighted by atomic mass is 9.83. The standard InChI is InChI=1S/C18H17N3O/c22-18-14(7-9-20-8-3-6-15(18)20)17-13-5-2-1-4-12(13)16-10-19-11-21(16)17/h1-6,8,10-11,14,17-18,22H,7,9H2/t14-,17?,18-/m0/s1. The van der Waals surface area contributed by atoms with E-state index in [0.717, 1.165) is 24.4 Å². The highest BCUT2D eigenvalue weighted by atomic mass is 16.3. The maximum Gasteiger partial charge on any atom is 0.0991 e. The molecule has 0 saturated heterocycles. The Morgan fingerprint density at radius 2 is 2.05 bits per heavy atom. The molecule has 1 aromatic carbocycles. The summed E-state index contributed by atoms with van der Waals surface area (Å²) in [5.41, 5.74) is 4.75. The van der Waals surface area contributed by atoms with E-state index in [1.165, 1.54) is 11.1 Å². The van der Waals surface area contributed by atoms with Crippen molar-refractivity contribution >= 4 is 0 Å². The Balaban J connectivity index is 1.65. The third-order valence-electron chi connectivity index (χ3n) is 5.20. The normalized spacial score (nSPS) is 25.6. The van der Waals surface area contributed by atoms with Gasteiger partial charge in [0.2, 0.25) is 0 Å². The van der Waals surface area contributed by atoms with Crippen LogP contribution in [0.3, 0.4) is 0 Å². The molecule has 0 amide bonds. The quantitative estimate of drug-likeness (QED) is 0.749. The number of aliphatic hydroxyl groups is 1. The highest BCUT2D eigenvalue weighted by Crippen LogP contribution is 2.48. The summed E-state index contributed by atoms with van der Waals surface area (Å²) in [5, 5.41) is 10.9. The van der Waals surface area contributed by atoms with Crippen molar-refractivity contribution in [2.75, 3.05) is 0 Å². The zero-order chi connectivity index (χ0) is 14.7. The Kier molecular flexibility index (Phi) is 2.41. The zero-order valence-electron chi connectivity index (χ0n) is 12.1. The number of hydrogen-bond donors (Lipinski definition) is 1. The second kappa shape index (κ2) is 4.34. The van der Waals surface area contributed by atoms with Crippen LogP contribution in [-0.2, 0) is 6.54 Å². The summed E-state index contributed by atoms with van der Waals surface area (Å²) in [4.78, 5) is 4.32. The highest BCUT2D eigenvalue weighted by molar-refractivity contribution is 5.69. The smallest absolute Gasteiger partial charge is 0.0991 e. The molecule has 2 aromatic heterocycles. The molecule has 4 nitrogen and oxygen atoms in total. The van der Waals surface area contributed by atoms with E-state index in [2.05, 4.69) is 44.6 Å². The van der Waals surface area contributed by atoms with Crippen molar-refractivity contribution in [2.24, 2.45) is 5.92 Å². The lowest BCUT2D eigenvalue weighted by Gasteiger charge is -2.35. The van der Waals surface area contributed by atoms with Gasteiger partial charge in [-0.2, -0.15) is 0 Å².